The van der Waals surface area contributed by atoms with Crippen LogP contribution in [-0.2, 0) is 0 Å². The molecule has 0 aliphatic carbocycles. The van der Waals surface area contributed by atoms with Crippen LogP contribution in [0.4, 0.5) is 11.5 Å². The fourth-order valence-corrected chi connectivity index (χ4v) is 1.49. The van der Waals surface area contributed by atoms with Crippen molar-refractivity contribution in [3.8, 4) is 0 Å². The van der Waals surface area contributed by atoms with E-state index in [0.717, 1.165) is 11.5 Å². The third-order valence-electron chi connectivity index (χ3n) is 2.12. The third-order valence-corrected chi connectivity index (χ3v) is 2.33. The zero-order chi connectivity index (χ0) is 10.7. The van der Waals surface area contributed by atoms with Crippen molar-refractivity contribution in [2.45, 2.75) is 6.92 Å². The summed E-state index contributed by atoms with van der Waals surface area (Å²) >= 11 is 5.80. The summed E-state index contributed by atoms with van der Waals surface area (Å²) in [7, 11) is 0. The molecule has 1 aromatic heterocycles. The summed E-state index contributed by atoms with van der Waals surface area (Å²) in [5.74, 6) is 0.761. The van der Waals surface area contributed by atoms with Crippen molar-refractivity contribution in [2.24, 2.45) is 0 Å². The van der Waals surface area contributed by atoms with Crippen molar-refractivity contribution in [1.82, 2.24) is 4.98 Å². The number of nitrogens with one attached hydrogen (secondary N) is 1. The Morgan fingerprint density at radius 1 is 1.07 bits per heavy atom. The molecule has 0 aliphatic rings. The van der Waals surface area contributed by atoms with Gasteiger partial charge in [0.25, 0.3) is 0 Å². The highest BCUT2D eigenvalue weighted by Gasteiger charge is 1.98. The van der Waals surface area contributed by atoms with Crippen LogP contribution in [0, 0.1) is 6.92 Å². The van der Waals surface area contributed by atoms with Crippen LogP contribution in [0.1, 0.15) is 5.56 Å². The van der Waals surface area contributed by atoms with Gasteiger partial charge in [-0.3, -0.25) is 0 Å². The zero-order valence-electron chi connectivity index (χ0n) is 8.37. The Balaban J connectivity index is 2.26. The first kappa shape index (κ1) is 9.99. The summed E-state index contributed by atoms with van der Waals surface area (Å²) in [4.78, 5) is 4.16. The van der Waals surface area contributed by atoms with Gasteiger partial charge in [0.15, 0.2) is 0 Å². The minimum Gasteiger partial charge on any atom is -0.340 e. The first-order chi connectivity index (χ1) is 7.25. The van der Waals surface area contributed by atoms with Gasteiger partial charge in [0.2, 0.25) is 0 Å². The quantitative estimate of drug-likeness (QED) is 0.776. The van der Waals surface area contributed by atoms with Gasteiger partial charge < -0.3 is 5.32 Å². The van der Waals surface area contributed by atoms with Crippen LogP contribution in [0.15, 0.2) is 42.5 Å². The summed E-state index contributed by atoms with van der Waals surface area (Å²) in [5, 5.41) is 3.71. The topological polar surface area (TPSA) is 24.9 Å². The predicted octanol–water partition coefficient (Wildman–Crippen LogP) is 3.79. The maximum absolute atomic E-state index is 5.80. The van der Waals surface area contributed by atoms with Crippen molar-refractivity contribution in [2.75, 3.05) is 5.32 Å². The lowest BCUT2D eigenvalue weighted by atomic mass is 10.2. The summed E-state index contributed by atoms with van der Waals surface area (Å²) in [6, 6.07) is 13.6. The molecule has 2 rings (SSSR count). The number of halogens is 1. The molecule has 0 amide bonds. The highest BCUT2D eigenvalue weighted by molar-refractivity contribution is 6.29. The van der Waals surface area contributed by atoms with Gasteiger partial charge in [-0.1, -0.05) is 35.9 Å². The smallest absolute Gasteiger partial charge is 0.132 e. The monoisotopic (exact) mass is 218 g/mol. The normalized spacial score (nSPS) is 10.0. The second-order valence-corrected chi connectivity index (χ2v) is 3.67. The molecule has 15 heavy (non-hydrogen) atoms. The van der Waals surface area contributed by atoms with E-state index in [-0.39, 0.29) is 0 Å². The molecule has 3 heteroatoms. The van der Waals surface area contributed by atoms with Crippen LogP contribution < -0.4 is 5.32 Å². The van der Waals surface area contributed by atoms with Crippen molar-refractivity contribution >= 4 is 23.1 Å². The first-order valence-corrected chi connectivity index (χ1v) is 5.09. The lowest BCUT2D eigenvalue weighted by Crippen LogP contribution is -1.94. The fourth-order valence-electron chi connectivity index (χ4n) is 1.33. The molecule has 0 fully saturated rings. The van der Waals surface area contributed by atoms with E-state index in [1.807, 2.05) is 43.3 Å². The van der Waals surface area contributed by atoms with E-state index in [2.05, 4.69) is 10.3 Å². The summed E-state index contributed by atoms with van der Waals surface area (Å²) in [6.07, 6.45) is 0. The number of rotatable bonds is 2. The van der Waals surface area contributed by atoms with E-state index in [1.165, 1.54) is 5.56 Å². The molecule has 1 heterocycles. The molecule has 0 saturated carbocycles. The maximum atomic E-state index is 5.80. The predicted molar refractivity (Wildman–Crippen MR) is 63.7 cm³/mol. The number of aromatic nitrogens is 1. The summed E-state index contributed by atoms with van der Waals surface area (Å²) in [5.41, 5.74) is 2.23. The van der Waals surface area contributed by atoms with Gasteiger partial charge in [-0.2, -0.15) is 0 Å². The fraction of sp³-hybridized carbons (Fsp3) is 0.0833. The van der Waals surface area contributed by atoms with E-state index in [9.17, 15) is 0 Å². The number of aryl methyl sites for hydroxylation is 1. The molecule has 0 atom stereocenters. The van der Waals surface area contributed by atoms with E-state index < -0.39 is 0 Å². The van der Waals surface area contributed by atoms with Crippen molar-refractivity contribution < 1.29 is 0 Å². The second-order valence-electron chi connectivity index (χ2n) is 3.29. The van der Waals surface area contributed by atoms with Gasteiger partial charge in [-0.15, -0.1) is 0 Å². The van der Waals surface area contributed by atoms with Crippen LogP contribution >= 0.6 is 11.6 Å². The second kappa shape index (κ2) is 4.32. The lowest BCUT2D eigenvalue weighted by molar-refractivity contribution is 1.30. The SMILES string of the molecule is Cc1ccccc1Nc1cccc(Cl)n1. The minimum atomic E-state index is 0.494. The van der Waals surface area contributed by atoms with E-state index in [4.69, 9.17) is 11.6 Å². The number of hydrogen-bond acceptors (Lipinski definition) is 2. The van der Waals surface area contributed by atoms with E-state index >= 15 is 0 Å². The van der Waals surface area contributed by atoms with Gasteiger partial charge >= 0.3 is 0 Å². The Morgan fingerprint density at radius 2 is 1.87 bits per heavy atom. The highest BCUT2D eigenvalue weighted by atomic mass is 35.5. The Hall–Kier alpha value is -1.54. The summed E-state index contributed by atoms with van der Waals surface area (Å²) in [6.45, 7) is 2.05. The van der Waals surface area contributed by atoms with Crippen molar-refractivity contribution in [1.29, 1.82) is 0 Å². The molecule has 76 valence electrons. The molecule has 0 radical (unpaired) electrons. The average molecular weight is 219 g/mol. The molecule has 1 N–H and O–H groups in total. The van der Waals surface area contributed by atoms with Gasteiger partial charge in [-0.25, -0.2) is 4.98 Å². The molecule has 0 unspecified atom stereocenters. The molecular formula is C12H11ClN2. The number of para-hydroxylation sites is 1. The van der Waals surface area contributed by atoms with E-state index in [1.54, 1.807) is 6.07 Å². The molecule has 1 aromatic carbocycles. The largest absolute Gasteiger partial charge is 0.340 e. The van der Waals surface area contributed by atoms with Gasteiger partial charge in [0.05, 0.1) is 0 Å². The van der Waals surface area contributed by atoms with Crippen LogP contribution in [0.2, 0.25) is 5.15 Å². The Morgan fingerprint density at radius 3 is 2.60 bits per heavy atom. The van der Waals surface area contributed by atoms with Crippen molar-refractivity contribution in [3.05, 3.63) is 53.2 Å². The Bertz CT molecular complexity index is 469. The van der Waals surface area contributed by atoms with Gasteiger partial charge in [0, 0.05) is 5.69 Å². The van der Waals surface area contributed by atoms with Crippen molar-refractivity contribution in [3.63, 3.8) is 0 Å². The maximum Gasteiger partial charge on any atom is 0.132 e. The first-order valence-electron chi connectivity index (χ1n) is 4.71. The molecule has 0 spiro atoms. The number of anilines is 2. The molecule has 2 aromatic rings. The van der Waals surface area contributed by atoms with Gasteiger partial charge in [0.1, 0.15) is 11.0 Å². The molecule has 0 saturated heterocycles. The Kier molecular flexibility index (Phi) is 2.88. The number of pyridine rings is 1. The van der Waals surface area contributed by atoms with Crippen LogP contribution in [0.3, 0.4) is 0 Å². The minimum absolute atomic E-state index is 0.494. The molecule has 0 aliphatic heterocycles. The third kappa shape index (κ3) is 2.48. The standard InChI is InChI=1S/C12H11ClN2/c1-9-5-2-3-6-10(9)14-12-8-4-7-11(13)15-12/h2-8H,1H3,(H,14,15). The average Bonchev–Trinajstić information content (AvgIpc) is 2.22. The van der Waals surface area contributed by atoms with Crippen LogP contribution in [0.5, 0.6) is 0 Å². The number of benzene rings is 1. The number of nitrogens with zero attached hydrogens (tertiary/aromatic N) is 1. The molecule has 2 nitrogen and oxygen atoms in total. The highest BCUT2D eigenvalue weighted by Crippen LogP contribution is 2.19. The zero-order valence-corrected chi connectivity index (χ0v) is 9.12. The van der Waals surface area contributed by atoms with E-state index in [0.29, 0.717) is 5.15 Å². The molecular weight excluding hydrogens is 208 g/mol. The lowest BCUT2D eigenvalue weighted by Gasteiger charge is -2.08. The van der Waals surface area contributed by atoms with Gasteiger partial charge in [-0.05, 0) is 30.7 Å². The number of hydrogen-bond donors (Lipinski definition) is 1. The Labute approximate surface area is 93.9 Å². The molecule has 0 bridgehead atoms. The van der Waals surface area contributed by atoms with Crippen LogP contribution in [-0.4, -0.2) is 4.98 Å². The summed E-state index contributed by atoms with van der Waals surface area (Å²) < 4.78 is 0. The van der Waals surface area contributed by atoms with Crippen LogP contribution in [0.25, 0.3) is 0 Å².